The molecular formula is C15H10ClFN2O3S2. The van der Waals surface area contributed by atoms with Crippen LogP contribution in [-0.4, -0.2) is 29.7 Å². The standard InChI is InChI=1S/C15H10ClFN2O3S2/c1-24(21,22)14-7-6-13(23-14)12-8-11(15(16)20)18-19(12)10-4-2-9(17)3-5-10/h2-8H,1H3. The zero-order chi connectivity index (χ0) is 17.5. The predicted molar refractivity (Wildman–Crippen MR) is 90.1 cm³/mol. The van der Waals surface area contributed by atoms with Crippen LogP contribution in [0.3, 0.4) is 0 Å². The van der Waals surface area contributed by atoms with Crippen LogP contribution in [-0.2, 0) is 9.84 Å². The summed E-state index contributed by atoms with van der Waals surface area (Å²) < 4.78 is 38.1. The van der Waals surface area contributed by atoms with Gasteiger partial charge in [0, 0.05) is 6.26 Å². The van der Waals surface area contributed by atoms with Crippen molar-refractivity contribution >= 4 is 38.0 Å². The number of thiophene rings is 1. The van der Waals surface area contributed by atoms with Gasteiger partial charge in [-0.3, -0.25) is 4.79 Å². The largest absolute Gasteiger partial charge is 0.274 e. The minimum Gasteiger partial charge on any atom is -0.274 e. The van der Waals surface area contributed by atoms with Crippen molar-refractivity contribution in [1.29, 1.82) is 0 Å². The first kappa shape index (κ1) is 16.8. The van der Waals surface area contributed by atoms with E-state index in [-0.39, 0.29) is 9.90 Å². The summed E-state index contributed by atoms with van der Waals surface area (Å²) >= 11 is 6.55. The van der Waals surface area contributed by atoms with Crippen molar-refractivity contribution in [2.75, 3.05) is 6.26 Å². The summed E-state index contributed by atoms with van der Waals surface area (Å²) in [5.41, 5.74) is 1.03. The fourth-order valence-corrected chi connectivity index (χ4v) is 4.11. The van der Waals surface area contributed by atoms with Gasteiger partial charge in [-0.1, -0.05) is 0 Å². The van der Waals surface area contributed by atoms with E-state index >= 15 is 0 Å². The third kappa shape index (κ3) is 3.26. The van der Waals surface area contributed by atoms with Gasteiger partial charge in [-0.2, -0.15) is 5.10 Å². The van der Waals surface area contributed by atoms with Gasteiger partial charge in [0.25, 0.3) is 5.24 Å². The van der Waals surface area contributed by atoms with E-state index in [0.717, 1.165) is 17.6 Å². The smallest absolute Gasteiger partial charge is 0.272 e. The molecule has 124 valence electrons. The van der Waals surface area contributed by atoms with Gasteiger partial charge in [-0.05, 0) is 54.1 Å². The number of nitrogens with zero attached hydrogens (tertiary/aromatic N) is 2. The van der Waals surface area contributed by atoms with Crippen molar-refractivity contribution < 1.29 is 17.6 Å². The zero-order valence-electron chi connectivity index (χ0n) is 12.2. The van der Waals surface area contributed by atoms with Crippen LogP contribution in [0, 0.1) is 5.82 Å². The van der Waals surface area contributed by atoms with E-state index in [0.29, 0.717) is 16.3 Å². The first-order chi connectivity index (χ1) is 11.3. The maximum Gasteiger partial charge on any atom is 0.272 e. The minimum absolute atomic E-state index is 0.0188. The Balaban J connectivity index is 2.18. The van der Waals surface area contributed by atoms with Crippen LogP contribution < -0.4 is 0 Å². The Hall–Kier alpha value is -2.03. The van der Waals surface area contributed by atoms with Crippen LogP contribution in [0.15, 0.2) is 46.7 Å². The van der Waals surface area contributed by atoms with Crippen molar-refractivity contribution in [3.05, 3.63) is 54.0 Å². The lowest BCUT2D eigenvalue weighted by molar-refractivity contribution is 0.107. The number of carbonyl (C=O) groups excluding carboxylic acids is 1. The van der Waals surface area contributed by atoms with Crippen molar-refractivity contribution in [2.45, 2.75) is 4.21 Å². The number of hydrogen-bond acceptors (Lipinski definition) is 5. The van der Waals surface area contributed by atoms with Gasteiger partial charge in [0.15, 0.2) is 9.84 Å². The fraction of sp³-hybridized carbons (Fsp3) is 0.0667. The molecule has 0 radical (unpaired) electrons. The molecule has 3 aromatic rings. The van der Waals surface area contributed by atoms with Crippen LogP contribution in [0.4, 0.5) is 4.39 Å². The Kier molecular flexibility index (Phi) is 4.29. The number of hydrogen-bond donors (Lipinski definition) is 0. The number of benzene rings is 1. The maximum absolute atomic E-state index is 13.1. The quantitative estimate of drug-likeness (QED) is 0.645. The molecular weight excluding hydrogens is 375 g/mol. The lowest BCUT2D eigenvalue weighted by atomic mass is 10.3. The highest BCUT2D eigenvalue weighted by Crippen LogP contribution is 2.33. The maximum atomic E-state index is 13.1. The van der Waals surface area contributed by atoms with Gasteiger partial charge in [-0.25, -0.2) is 17.5 Å². The molecule has 24 heavy (non-hydrogen) atoms. The van der Waals surface area contributed by atoms with Crippen molar-refractivity contribution in [2.24, 2.45) is 0 Å². The molecule has 0 N–H and O–H groups in total. The second-order valence-electron chi connectivity index (χ2n) is 4.97. The molecule has 9 heteroatoms. The number of halogens is 2. The summed E-state index contributed by atoms with van der Waals surface area (Å²) in [5, 5.41) is 3.39. The molecule has 0 unspecified atom stereocenters. The van der Waals surface area contributed by atoms with E-state index in [1.54, 1.807) is 6.07 Å². The molecule has 0 saturated heterocycles. The Morgan fingerprint density at radius 1 is 1.21 bits per heavy atom. The van der Waals surface area contributed by atoms with Gasteiger partial charge >= 0.3 is 0 Å². The van der Waals surface area contributed by atoms with Crippen LogP contribution in [0.1, 0.15) is 10.5 Å². The first-order valence-electron chi connectivity index (χ1n) is 6.62. The molecule has 5 nitrogen and oxygen atoms in total. The highest BCUT2D eigenvalue weighted by molar-refractivity contribution is 7.92. The summed E-state index contributed by atoms with van der Waals surface area (Å²) in [7, 11) is -3.34. The highest BCUT2D eigenvalue weighted by atomic mass is 35.5. The summed E-state index contributed by atoms with van der Waals surface area (Å²) in [6.07, 6.45) is 1.12. The molecule has 0 saturated carbocycles. The molecule has 2 heterocycles. The monoisotopic (exact) mass is 384 g/mol. The van der Waals surface area contributed by atoms with Gasteiger partial charge in [0.05, 0.1) is 16.3 Å². The molecule has 0 aliphatic heterocycles. The number of carbonyl (C=O) groups is 1. The highest BCUT2D eigenvalue weighted by Gasteiger charge is 2.19. The molecule has 0 fully saturated rings. The number of rotatable bonds is 4. The van der Waals surface area contributed by atoms with Gasteiger partial charge in [0.2, 0.25) is 0 Å². The van der Waals surface area contributed by atoms with Crippen molar-refractivity contribution in [3.63, 3.8) is 0 Å². The molecule has 0 atom stereocenters. The van der Waals surface area contributed by atoms with E-state index in [1.807, 2.05) is 0 Å². The van der Waals surface area contributed by atoms with Crippen molar-refractivity contribution in [1.82, 2.24) is 9.78 Å². The second kappa shape index (κ2) is 6.12. The van der Waals surface area contributed by atoms with E-state index in [4.69, 9.17) is 11.6 Å². The number of aromatic nitrogens is 2. The SMILES string of the molecule is CS(=O)(=O)c1ccc(-c2cc(C(=O)Cl)nn2-c2ccc(F)cc2)s1. The minimum atomic E-state index is -3.34. The third-order valence-electron chi connectivity index (χ3n) is 3.18. The molecule has 0 amide bonds. The van der Waals surface area contributed by atoms with E-state index in [9.17, 15) is 17.6 Å². The average molecular weight is 385 g/mol. The molecule has 0 aliphatic carbocycles. The lowest BCUT2D eigenvalue weighted by Gasteiger charge is -2.05. The van der Waals surface area contributed by atoms with Crippen LogP contribution >= 0.6 is 22.9 Å². The Morgan fingerprint density at radius 2 is 1.88 bits per heavy atom. The molecule has 2 aromatic heterocycles. The zero-order valence-corrected chi connectivity index (χ0v) is 14.6. The molecule has 1 aromatic carbocycles. The predicted octanol–water partition coefficient (Wildman–Crippen LogP) is 3.52. The molecule has 0 aliphatic rings. The molecule has 3 rings (SSSR count). The van der Waals surface area contributed by atoms with E-state index in [1.165, 1.54) is 41.1 Å². The average Bonchev–Trinajstić information content (AvgIpc) is 3.14. The van der Waals surface area contributed by atoms with Gasteiger partial charge < -0.3 is 0 Å². The topological polar surface area (TPSA) is 69.0 Å². The summed E-state index contributed by atoms with van der Waals surface area (Å²) in [6.45, 7) is 0. The Morgan fingerprint density at radius 3 is 2.42 bits per heavy atom. The van der Waals surface area contributed by atoms with E-state index in [2.05, 4.69) is 5.10 Å². The van der Waals surface area contributed by atoms with Crippen LogP contribution in [0.2, 0.25) is 0 Å². The fourth-order valence-electron chi connectivity index (χ4n) is 2.09. The normalized spacial score (nSPS) is 11.6. The summed E-state index contributed by atoms with van der Waals surface area (Å²) in [5.74, 6) is -0.406. The van der Waals surface area contributed by atoms with Crippen LogP contribution in [0.25, 0.3) is 16.3 Å². The van der Waals surface area contributed by atoms with Crippen LogP contribution in [0.5, 0.6) is 0 Å². The van der Waals surface area contributed by atoms with E-state index < -0.39 is 20.9 Å². The molecule has 0 bridgehead atoms. The van der Waals surface area contributed by atoms with Gasteiger partial charge in [-0.15, -0.1) is 11.3 Å². The summed E-state index contributed by atoms with van der Waals surface area (Å²) in [4.78, 5) is 12.0. The number of sulfone groups is 1. The molecule has 0 spiro atoms. The lowest BCUT2D eigenvalue weighted by Crippen LogP contribution is -2.00. The Bertz CT molecular complexity index is 1020. The van der Waals surface area contributed by atoms with Gasteiger partial charge in [0.1, 0.15) is 15.7 Å². The summed E-state index contributed by atoms with van der Waals surface area (Å²) in [6, 6.07) is 10.1. The second-order valence-corrected chi connectivity index (χ2v) is 8.64. The van der Waals surface area contributed by atoms with Crippen molar-refractivity contribution in [3.8, 4) is 16.3 Å². The third-order valence-corrected chi connectivity index (χ3v) is 6.30. The Labute approximate surface area is 146 Å². The first-order valence-corrected chi connectivity index (χ1v) is 9.70.